The Bertz CT molecular complexity index is 493. The van der Waals surface area contributed by atoms with Crippen molar-refractivity contribution in [3.63, 3.8) is 0 Å². The molecule has 0 fully saturated rings. The largest absolute Gasteiger partial charge is 0.300 e. The Labute approximate surface area is 104 Å². The van der Waals surface area contributed by atoms with Crippen LogP contribution in [0.3, 0.4) is 0 Å². The number of nitrogens with one attached hydrogen (secondary N) is 2. The second-order valence-corrected chi connectivity index (χ2v) is 9.00. The molecule has 0 radical (unpaired) electrons. The second kappa shape index (κ2) is 4.56. The van der Waals surface area contributed by atoms with Crippen molar-refractivity contribution in [2.24, 2.45) is 0 Å². The standard InChI is InChI=1S/C12H20N4S/c1-5-11-13-6-8-15(11)10-16-9-7-14-12(16)17(2,3)4/h6-9H,5,10H2,1-4H3/p+2. The van der Waals surface area contributed by atoms with E-state index in [0.29, 0.717) is 0 Å². The lowest BCUT2D eigenvalue weighted by Gasteiger charge is -2.19. The zero-order chi connectivity index (χ0) is 12.5. The van der Waals surface area contributed by atoms with Crippen LogP contribution < -0.4 is 9.13 Å². The van der Waals surface area contributed by atoms with Gasteiger partial charge in [0, 0.05) is 6.42 Å². The van der Waals surface area contributed by atoms with E-state index >= 15 is 0 Å². The second-order valence-electron chi connectivity index (χ2n) is 4.94. The first-order chi connectivity index (χ1) is 8.02. The van der Waals surface area contributed by atoms with Gasteiger partial charge < -0.3 is 0 Å². The summed E-state index contributed by atoms with van der Waals surface area (Å²) in [6.45, 7) is 3.04. The van der Waals surface area contributed by atoms with E-state index in [2.05, 4.69) is 57.2 Å². The van der Waals surface area contributed by atoms with Crippen LogP contribution in [0.2, 0.25) is 0 Å². The Kier molecular flexibility index (Phi) is 3.28. The Hall–Kier alpha value is -1.23. The van der Waals surface area contributed by atoms with E-state index in [4.69, 9.17) is 0 Å². The maximum Gasteiger partial charge on any atom is 0.300 e. The molecule has 0 aliphatic carbocycles. The molecule has 4 nitrogen and oxygen atoms in total. The Balaban J connectivity index is 2.28. The van der Waals surface area contributed by atoms with Crippen LogP contribution in [-0.4, -0.2) is 28.7 Å². The summed E-state index contributed by atoms with van der Waals surface area (Å²) >= 11 is 0. The third-order valence-electron chi connectivity index (χ3n) is 2.79. The van der Waals surface area contributed by atoms with Gasteiger partial charge in [-0.1, -0.05) is 6.92 Å². The van der Waals surface area contributed by atoms with Crippen LogP contribution in [0.1, 0.15) is 12.7 Å². The Morgan fingerprint density at radius 1 is 1.06 bits per heavy atom. The predicted octanol–water partition coefficient (Wildman–Crippen LogP) is 1.04. The van der Waals surface area contributed by atoms with Crippen molar-refractivity contribution in [2.45, 2.75) is 25.2 Å². The van der Waals surface area contributed by atoms with E-state index in [9.17, 15) is 0 Å². The fourth-order valence-electron chi connectivity index (χ4n) is 1.99. The summed E-state index contributed by atoms with van der Waals surface area (Å²) in [6, 6.07) is 0. The molecule has 2 aromatic rings. The highest BCUT2D eigenvalue weighted by molar-refractivity contribution is 8.31. The summed E-state index contributed by atoms with van der Waals surface area (Å²) in [4.78, 5) is 6.64. The molecule has 2 heterocycles. The van der Waals surface area contributed by atoms with Gasteiger partial charge in [-0.05, 0) is 18.8 Å². The molecule has 0 bridgehead atoms. The van der Waals surface area contributed by atoms with E-state index < -0.39 is 10.0 Å². The van der Waals surface area contributed by atoms with Crippen molar-refractivity contribution in [1.82, 2.24) is 9.97 Å². The molecular formula is C12H22N4S+2. The molecule has 2 rings (SSSR count). The zero-order valence-electron chi connectivity index (χ0n) is 11.0. The maximum atomic E-state index is 3.37. The van der Waals surface area contributed by atoms with Gasteiger partial charge in [0.25, 0.3) is 11.0 Å². The molecular weight excluding hydrogens is 232 g/mol. The molecule has 0 saturated carbocycles. The third-order valence-corrected chi connectivity index (χ3v) is 4.31. The topological polar surface area (TPSA) is 39.3 Å². The van der Waals surface area contributed by atoms with Crippen LogP contribution >= 0.6 is 10.0 Å². The molecule has 0 unspecified atom stereocenters. The number of H-pyrrole nitrogens is 2. The molecule has 94 valence electrons. The fraction of sp³-hybridized carbons (Fsp3) is 0.500. The van der Waals surface area contributed by atoms with Crippen molar-refractivity contribution in [1.29, 1.82) is 0 Å². The zero-order valence-corrected chi connectivity index (χ0v) is 11.8. The SMILES string of the molecule is CCc1[nH]cc[n+]1C[n+]1cc[nH]c1S(C)(C)C. The van der Waals surface area contributed by atoms with Crippen molar-refractivity contribution in [3.8, 4) is 0 Å². The van der Waals surface area contributed by atoms with Gasteiger partial charge >= 0.3 is 0 Å². The first-order valence-corrected chi connectivity index (χ1v) is 8.69. The molecule has 0 aliphatic rings. The highest BCUT2D eigenvalue weighted by atomic mass is 32.3. The summed E-state index contributed by atoms with van der Waals surface area (Å²) in [5.41, 5.74) is 0. The lowest BCUT2D eigenvalue weighted by molar-refractivity contribution is -0.931. The maximum absolute atomic E-state index is 3.37. The summed E-state index contributed by atoms with van der Waals surface area (Å²) in [5.74, 6) is 1.26. The van der Waals surface area contributed by atoms with Gasteiger partial charge in [0.2, 0.25) is 6.67 Å². The van der Waals surface area contributed by atoms with Crippen molar-refractivity contribution >= 4 is 10.0 Å². The minimum Gasteiger partial charge on any atom is -0.248 e. The van der Waals surface area contributed by atoms with Crippen LogP contribution in [0.15, 0.2) is 29.9 Å². The van der Waals surface area contributed by atoms with E-state index in [0.717, 1.165) is 13.1 Å². The lowest BCUT2D eigenvalue weighted by atomic mass is 10.4. The number of nitrogens with zero attached hydrogens (tertiary/aromatic N) is 2. The summed E-state index contributed by atoms with van der Waals surface area (Å²) < 4.78 is 4.55. The first kappa shape index (κ1) is 12.2. The number of hydrogen-bond donors (Lipinski definition) is 2. The van der Waals surface area contributed by atoms with Crippen LogP contribution in [-0.2, 0) is 13.1 Å². The molecule has 0 spiro atoms. The average molecular weight is 254 g/mol. The number of aromatic amines is 2. The van der Waals surface area contributed by atoms with Crippen LogP contribution in [0.25, 0.3) is 0 Å². The van der Waals surface area contributed by atoms with Crippen LogP contribution in [0.4, 0.5) is 0 Å². The molecule has 0 saturated heterocycles. The smallest absolute Gasteiger partial charge is 0.248 e. The number of rotatable bonds is 4. The van der Waals surface area contributed by atoms with E-state index in [1.807, 2.05) is 12.4 Å². The Morgan fingerprint density at radius 3 is 2.35 bits per heavy atom. The highest BCUT2D eigenvalue weighted by Gasteiger charge is 2.23. The van der Waals surface area contributed by atoms with Gasteiger partial charge in [-0.2, -0.15) is 9.13 Å². The number of imidazole rings is 2. The van der Waals surface area contributed by atoms with Gasteiger partial charge in [0.1, 0.15) is 24.8 Å². The van der Waals surface area contributed by atoms with E-state index in [1.54, 1.807) is 0 Å². The summed E-state index contributed by atoms with van der Waals surface area (Å²) in [6.07, 6.45) is 16.2. The molecule has 0 atom stereocenters. The fourth-order valence-corrected chi connectivity index (χ4v) is 3.23. The van der Waals surface area contributed by atoms with Gasteiger partial charge in [-0.15, -0.1) is 10.0 Å². The number of hydrogen-bond acceptors (Lipinski definition) is 0. The lowest BCUT2D eigenvalue weighted by Crippen LogP contribution is -2.53. The monoisotopic (exact) mass is 254 g/mol. The van der Waals surface area contributed by atoms with Gasteiger partial charge in [-0.3, -0.25) is 0 Å². The quantitative estimate of drug-likeness (QED) is 0.766. The van der Waals surface area contributed by atoms with E-state index in [1.165, 1.54) is 11.0 Å². The minimum absolute atomic E-state index is 0.729. The molecule has 0 amide bonds. The van der Waals surface area contributed by atoms with Gasteiger partial charge in [0.05, 0.1) is 0 Å². The Morgan fingerprint density at radius 2 is 1.71 bits per heavy atom. The third kappa shape index (κ3) is 2.54. The molecule has 0 aromatic carbocycles. The molecule has 2 aromatic heterocycles. The van der Waals surface area contributed by atoms with Crippen LogP contribution in [0.5, 0.6) is 0 Å². The molecule has 0 aliphatic heterocycles. The molecule has 2 N–H and O–H groups in total. The minimum atomic E-state index is -0.729. The normalized spacial score (nSPS) is 12.9. The van der Waals surface area contributed by atoms with Crippen LogP contribution in [0, 0.1) is 0 Å². The van der Waals surface area contributed by atoms with Gasteiger partial charge in [0.15, 0.2) is 0 Å². The van der Waals surface area contributed by atoms with Crippen molar-refractivity contribution in [2.75, 3.05) is 18.8 Å². The molecule has 5 heteroatoms. The highest BCUT2D eigenvalue weighted by Crippen LogP contribution is 2.41. The number of aryl methyl sites for hydroxylation is 1. The average Bonchev–Trinajstić information content (AvgIpc) is 2.85. The van der Waals surface area contributed by atoms with Crippen molar-refractivity contribution < 1.29 is 9.13 Å². The number of aromatic nitrogens is 4. The molecule has 17 heavy (non-hydrogen) atoms. The van der Waals surface area contributed by atoms with Gasteiger partial charge in [-0.25, -0.2) is 9.97 Å². The van der Waals surface area contributed by atoms with E-state index in [-0.39, 0.29) is 0 Å². The summed E-state index contributed by atoms with van der Waals surface area (Å²) in [5, 5.41) is 1.33. The van der Waals surface area contributed by atoms with Crippen molar-refractivity contribution in [3.05, 3.63) is 30.6 Å². The first-order valence-electron chi connectivity index (χ1n) is 5.83. The summed E-state index contributed by atoms with van der Waals surface area (Å²) in [7, 11) is -0.729. The predicted molar refractivity (Wildman–Crippen MR) is 70.4 cm³/mol.